The second kappa shape index (κ2) is 9.90. The molecule has 0 aliphatic carbocycles. The first-order chi connectivity index (χ1) is 15.4. The SMILES string of the molecule is CCCn1c(=O)oc2cc(NC(=O)c3cc(OC)c(OC(=O)OCC)c(OC)c3)ccc21. The topological polar surface area (TPSA) is 118 Å². The van der Waals surface area contributed by atoms with Gasteiger partial charge in [0.2, 0.25) is 5.75 Å². The van der Waals surface area contributed by atoms with Crippen LogP contribution in [0.25, 0.3) is 11.1 Å². The molecule has 1 heterocycles. The number of oxazole rings is 1. The first-order valence-electron chi connectivity index (χ1n) is 9.97. The minimum absolute atomic E-state index is 0.00883. The number of carbonyl (C=O) groups is 2. The van der Waals surface area contributed by atoms with Crippen molar-refractivity contribution < 1.29 is 33.0 Å². The second-order valence-corrected chi connectivity index (χ2v) is 6.65. The molecule has 1 N–H and O–H groups in total. The van der Waals surface area contributed by atoms with Crippen LogP contribution in [0.4, 0.5) is 10.5 Å². The molecule has 0 bridgehead atoms. The van der Waals surface area contributed by atoms with Crippen LogP contribution >= 0.6 is 0 Å². The molecule has 0 spiro atoms. The summed E-state index contributed by atoms with van der Waals surface area (Å²) in [6, 6.07) is 7.77. The summed E-state index contributed by atoms with van der Waals surface area (Å²) in [6.45, 7) is 4.28. The van der Waals surface area contributed by atoms with E-state index in [0.717, 1.165) is 6.42 Å². The third-order valence-corrected chi connectivity index (χ3v) is 4.54. The van der Waals surface area contributed by atoms with Crippen molar-refractivity contribution >= 4 is 28.8 Å². The van der Waals surface area contributed by atoms with Gasteiger partial charge in [-0.3, -0.25) is 9.36 Å². The summed E-state index contributed by atoms with van der Waals surface area (Å²) >= 11 is 0. The lowest BCUT2D eigenvalue weighted by Crippen LogP contribution is -2.14. The Hall–Kier alpha value is -3.95. The molecule has 170 valence electrons. The summed E-state index contributed by atoms with van der Waals surface area (Å²) in [6.07, 6.45) is -0.141. The fourth-order valence-electron chi connectivity index (χ4n) is 3.12. The quantitative estimate of drug-likeness (QED) is 0.412. The van der Waals surface area contributed by atoms with E-state index in [0.29, 0.717) is 23.3 Å². The standard InChI is InChI=1S/C22H24N2O8/c1-5-9-24-15-8-7-14(12-16(15)31-21(24)26)23-20(25)13-10-17(28-3)19(18(11-13)29-4)32-22(27)30-6-2/h7-8,10-12H,5-6,9H2,1-4H3,(H,23,25). The molecule has 3 aromatic rings. The Morgan fingerprint density at radius 1 is 1.06 bits per heavy atom. The molecular weight excluding hydrogens is 420 g/mol. The number of rotatable bonds is 8. The molecule has 0 aliphatic rings. The van der Waals surface area contributed by atoms with Crippen molar-refractivity contribution in [3.8, 4) is 17.2 Å². The summed E-state index contributed by atoms with van der Waals surface area (Å²) in [7, 11) is 2.73. The summed E-state index contributed by atoms with van der Waals surface area (Å²) in [5, 5.41) is 2.74. The van der Waals surface area contributed by atoms with Gasteiger partial charge in [0.05, 0.1) is 26.3 Å². The first kappa shape index (κ1) is 22.7. The average Bonchev–Trinajstić information content (AvgIpc) is 3.08. The predicted octanol–water partition coefficient (Wildman–Crippen LogP) is 3.81. The highest BCUT2D eigenvalue weighted by molar-refractivity contribution is 6.05. The molecule has 2 aromatic carbocycles. The number of amides is 1. The summed E-state index contributed by atoms with van der Waals surface area (Å²) < 4.78 is 27.3. The smallest absolute Gasteiger partial charge is 0.493 e. The first-order valence-corrected chi connectivity index (χ1v) is 9.97. The Bertz CT molecular complexity index is 1170. The highest BCUT2D eigenvalue weighted by atomic mass is 16.7. The molecule has 32 heavy (non-hydrogen) atoms. The summed E-state index contributed by atoms with van der Waals surface area (Å²) in [5.74, 6) is -0.706. The maximum Gasteiger partial charge on any atom is 0.514 e. The minimum atomic E-state index is -0.925. The van der Waals surface area contributed by atoms with E-state index in [2.05, 4.69) is 5.32 Å². The van der Waals surface area contributed by atoms with Crippen molar-refractivity contribution in [2.24, 2.45) is 0 Å². The molecule has 0 radical (unpaired) electrons. The van der Waals surface area contributed by atoms with Crippen LogP contribution in [-0.2, 0) is 11.3 Å². The van der Waals surface area contributed by atoms with Gasteiger partial charge in [-0.1, -0.05) is 6.92 Å². The highest BCUT2D eigenvalue weighted by Crippen LogP contribution is 2.39. The molecule has 0 fully saturated rings. The van der Waals surface area contributed by atoms with E-state index in [1.54, 1.807) is 29.7 Å². The van der Waals surface area contributed by atoms with Gasteiger partial charge in [0.25, 0.3) is 5.91 Å². The Morgan fingerprint density at radius 2 is 1.75 bits per heavy atom. The van der Waals surface area contributed by atoms with Crippen LogP contribution in [0.1, 0.15) is 30.6 Å². The maximum atomic E-state index is 12.8. The van der Waals surface area contributed by atoms with Crippen molar-refractivity contribution in [1.29, 1.82) is 0 Å². The van der Waals surface area contributed by atoms with Gasteiger partial charge in [0.15, 0.2) is 17.1 Å². The maximum absolute atomic E-state index is 12.8. The van der Waals surface area contributed by atoms with Crippen LogP contribution < -0.4 is 25.3 Å². The number of fused-ring (bicyclic) bond motifs is 1. The average molecular weight is 444 g/mol. The van der Waals surface area contributed by atoms with Crippen LogP contribution in [0, 0.1) is 0 Å². The largest absolute Gasteiger partial charge is 0.514 e. The van der Waals surface area contributed by atoms with Crippen molar-refractivity contribution in [2.45, 2.75) is 26.8 Å². The van der Waals surface area contributed by atoms with Crippen LogP contribution in [0.5, 0.6) is 17.2 Å². The molecule has 0 aliphatic heterocycles. The predicted molar refractivity (Wildman–Crippen MR) is 116 cm³/mol. The molecule has 3 rings (SSSR count). The molecular formula is C22H24N2O8. The highest BCUT2D eigenvalue weighted by Gasteiger charge is 2.21. The van der Waals surface area contributed by atoms with Crippen molar-refractivity contribution in [1.82, 2.24) is 4.57 Å². The lowest BCUT2D eigenvalue weighted by molar-refractivity contribution is 0.102. The number of benzene rings is 2. The minimum Gasteiger partial charge on any atom is -0.493 e. The number of carbonyl (C=O) groups excluding carboxylic acids is 2. The van der Waals surface area contributed by atoms with E-state index in [4.69, 9.17) is 23.4 Å². The molecule has 1 aromatic heterocycles. The zero-order valence-electron chi connectivity index (χ0n) is 18.2. The third kappa shape index (κ3) is 4.69. The molecule has 10 nitrogen and oxygen atoms in total. The normalized spacial score (nSPS) is 10.6. The number of hydrogen-bond acceptors (Lipinski definition) is 8. The van der Waals surface area contributed by atoms with E-state index in [1.165, 1.54) is 26.4 Å². The van der Waals surface area contributed by atoms with Gasteiger partial charge < -0.3 is 28.7 Å². The number of nitrogens with zero attached hydrogens (tertiary/aromatic N) is 1. The van der Waals surface area contributed by atoms with Gasteiger partial charge in [-0.2, -0.15) is 0 Å². The van der Waals surface area contributed by atoms with Crippen molar-refractivity contribution in [3.05, 3.63) is 46.4 Å². The Morgan fingerprint density at radius 3 is 2.34 bits per heavy atom. The fraction of sp³-hybridized carbons (Fsp3) is 0.318. The van der Waals surface area contributed by atoms with E-state index < -0.39 is 17.8 Å². The van der Waals surface area contributed by atoms with E-state index in [1.807, 2.05) is 6.92 Å². The number of hydrogen-bond donors (Lipinski definition) is 1. The number of aromatic nitrogens is 1. The van der Waals surface area contributed by atoms with Crippen molar-refractivity contribution in [3.63, 3.8) is 0 Å². The summed E-state index contributed by atoms with van der Waals surface area (Å²) in [5.41, 5.74) is 1.65. The zero-order chi connectivity index (χ0) is 23.3. The molecule has 0 unspecified atom stereocenters. The van der Waals surface area contributed by atoms with E-state index >= 15 is 0 Å². The van der Waals surface area contributed by atoms with Crippen LogP contribution in [0.15, 0.2) is 39.5 Å². The van der Waals surface area contributed by atoms with Gasteiger partial charge in [-0.25, -0.2) is 9.59 Å². The van der Waals surface area contributed by atoms with Crippen LogP contribution in [0.2, 0.25) is 0 Å². The summed E-state index contributed by atoms with van der Waals surface area (Å²) in [4.78, 5) is 36.6. The molecule has 0 atom stereocenters. The zero-order valence-corrected chi connectivity index (χ0v) is 18.2. The van der Waals surface area contributed by atoms with Crippen molar-refractivity contribution in [2.75, 3.05) is 26.1 Å². The Balaban J connectivity index is 1.88. The van der Waals surface area contributed by atoms with Gasteiger partial charge >= 0.3 is 11.9 Å². The number of methoxy groups -OCH3 is 2. The second-order valence-electron chi connectivity index (χ2n) is 6.65. The third-order valence-electron chi connectivity index (χ3n) is 4.54. The Labute approximate surface area is 183 Å². The van der Waals surface area contributed by atoms with Crippen LogP contribution in [-0.4, -0.2) is 37.5 Å². The van der Waals surface area contributed by atoms with E-state index in [-0.39, 0.29) is 29.4 Å². The number of nitrogens with one attached hydrogen (secondary N) is 1. The number of ether oxygens (including phenoxy) is 4. The lowest BCUT2D eigenvalue weighted by atomic mass is 10.1. The van der Waals surface area contributed by atoms with Gasteiger partial charge in [0.1, 0.15) is 0 Å². The molecule has 1 amide bonds. The number of aryl methyl sites for hydroxylation is 1. The van der Waals surface area contributed by atoms with E-state index in [9.17, 15) is 14.4 Å². The monoisotopic (exact) mass is 444 g/mol. The molecule has 10 heteroatoms. The Kier molecular flexibility index (Phi) is 7.04. The van der Waals surface area contributed by atoms with Gasteiger partial charge in [-0.15, -0.1) is 0 Å². The number of anilines is 1. The lowest BCUT2D eigenvalue weighted by Gasteiger charge is -2.15. The van der Waals surface area contributed by atoms with Gasteiger partial charge in [0, 0.05) is 23.9 Å². The molecule has 0 saturated heterocycles. The van der Waals surface area contributed by atoms with Crippen LogP contribution in [0.3, 0.4) is 0 Å². The molecule has 0 saturated carbocycles. The fourth-order valence-corrected chi connectivity index (χ4v) is 3.12. The van der Waals surface area contributed by atoms with Gasteiger partial charge in [-0.05, 0) is 37.6 Å².